The van der Waals surface area contributed by atoms with Crippen LogP contribution in [-0.2, 0) is 11.3 Å². The third kappa shape index (κ3) is 12.4. The third-order valence-corrected chi connectivity index (χ3v) is 4.01. The average Bonchev–Trinajstić information content (AvgIpc) is 2.67. The molecule has 1 heterocycles. The molecule has 0 saturated heterocycles. The minimum absolute atomic E-state index is 0. The van der Waals surface area contributed by atoms with E-state index in [2.05, 4.69) is 46.4 Å². The zero-order chi connectivity index (χ0) is 19.7. The average molecular weight is 507 g/mol. The SMILES string of the molecule is CCCCOc1ncccc1CN=C(NCC)NCCN(C)CCCOC.I. The summed E-state index contributed by atoms with van der Waals surface area (Å²) in [5.74, 6) is 1.49. The number of nitrogens with zero attached hydrogens (tertiary/aromatic N) is 3. The van der Waals surface area contributed by atoms with E-state index in [1.165, 1.54) is 0 Å². The predicted molar refractivity (Wildman–Crippen MR) is 127 cm³/mol. The van der Waals surface area contributed by atoms with Crippen molar-refractivity contribution in [3.8, 4) is 5.88 Å². The van der Waals surface area contributed by atoms with Crippen LogP contribution in [0.25, 0.3) is 0 Å². The molecule has 0 aromatic carbocycles. The molecular formula is C20H38IN5O2. The molecule has 1 rings (SSSR count). The van der Waals surface area contributed by atoms with Crippen LogP contribution < -0.4 is 15.4 Å². The highest BCUT2D eigenvalue weighted by Crippen LogP contribution is 2.15. The maximum absolute atomic E-state index is 5.79. The van der Waals surface area contributed by atoms with Crippen LogP contribution in [0.3, 0.4) is 0 Å². The van der Waals surface area contributed by atoms with E-state index < -0.39 is 0 Å². The lowest BCUT2D eigenvalue weighted by Crippen LogP contribution is -2.41. The Balaban J connectivity index is 0.00000729. The molecule has 0 atom stereocenters. The second kappa shape index (κ2) is 17.9. The molecule has 2 N–H and O–H groups in total. The molecule has 8 heteroatoms. The Kier molecular flexibility index (Phi) is 17.2. The molecule has 0 bridgehead atoms. The summed E-state index contributed by atoms with van der Waals surface area (Å²) in [4.78, 5) is 11.3. The van der Waals surface area contributed by atoms with Crippen LogP contribution in [0, 0.1) is 0 Å². The Morgan fingerprint density at radius 3 is 2.71 bits per heavy atom. The number of hydrogen-bond acceptors (Lipinski definition) is 5. The van der Waals surface area contributed by atoms with E-state index in [-0.39, 0.29) is 24.0 Å². The number of hydrogen-bond donors (Lipinski definition) is 2. The highest BCUT2D eigenvalue weighted by molar-refractivity contribution is 14.0. The summed E-state index contributed by atoms with van der Waals surface area (Å²) < 4.78 is 10.9. The number of halogens is 1. The van der Waals surface area contributed by atoms with Crippen molar-refractivity contribution < 1.29 is 9.47 Å². The summed E-state index contributed by atoms with van der Waals surface area (Å²) in [5.41, 5.74) is 1.00. The van der Waals surface area contributed by atoms with Gasteiger partial charge in [0.25, 0.3) is 0 Å². The smallest absolute Gasteiger partial charge is 0.218 e. The van der Waals surface area contributed by atoms with Gasteiger partial charge in [-0.3, -0.25) is 0 Å². The van der Waals surface area contributed by atoms with Gasteiger partial charge in [-0.2, -0.15) is 0 Å². The molecule has 0 spiro atoms. The summed E-state index contributed by atoms with van der Waals surface area (Å²) in [6.45, 7) is 9.88. The summed E-state index contributed by atoms with van der Waals surface area (Å²) in [5, 5.41) is 6.68. The number of nitrogens with one attached hydrogen (secondary N) is 2. The van der Waals surface area contributed by atoms with Crippen LogP contribution in [0.4, 0.5) is 0 Å². The number of rotatable bonds is 14. The van der Waals surface area contributed by atoms with E-state index in [0.29, 0.717) is 19.0 Å². The standard InChI is InChI=1S/C20H37N5O2.HI/c1-5-7-16-27-19-18(10-8-11-22-19)17-24-20(21-6-2)23-12-14-25(3)13-9-15-26-4;/h8,10-11H,5-7,9,12-17H2,1-4H3,(H2,21,23,24);1H. The third-order valence-electron chi connectivity index (χ3n) is 4.01. The van der Waals surface area contributed by atoms with Gasteiger partial charge >= 0.3 is 0 Å². The van der Waals surface area contributed by atoms with Crippen LogP contribution in [0.15, 0.2) is 23.3 Å². The Morgan fingerprint density at radius 2 is 2.00 bits per heavy atom. The first kappa shape index (κ1) is 26.9. The zero-order valence-electron chi connectivity index (χ0n) is 17.9. The number of guanidine groups is 1. The number of pyridine rings is 1. The van der Waals surface area contributed by atoms with Crippen LogP contribution >= 0.6 is 24.0 Å². The molecule has 0 aliphatic heterocycles. The van der Waals surface area contributed by atoms with Crippen LogP contribution in [0.1, 0.15) is 38.7 Å². The minimum atomic E-state index is 0. The lowest BCUT2D eigenvalue weighted by molar-refractivity contribution is 0.180. The first-order chi connectivity index (χ1) is 13.2. The monoisotopic (exact) mass is 507 g/mol. The summed E-state index contributed by atoms with van der Waals surface area (Å²) in [6.07, 6.45) is 4.94. The molecule has 1 aromatic rings. The van der Waals surface area contributed by atoms with Gasteiger partial charge in [-0.15, -0.1) is 24.0 Å². The minimum Gasteiger partial charge on any atom is -0.477 e. The fourth-order valence-electron chi connectivity index (χ4n) is 2.45. The van der Waals surface area contributed by atoms with Crippen molar-refractivity contribution >= 4 is 29.9 Å². The molecule has 0 saturated carbocycles. The second-order valence-electron chi connectivity index (χ2n) is 6.44. The van der Waals surface area contributed by atoms with E-state index in [1.807, 2.05) is 12.1 Å². The van der Waals surface area contributed by atoms with Crippen molar-refractivity contribution in [1.29, 1.82) is 0 Å². The maximum Gasteiger partial charge on any atom is 0.218 e. The molecular weight excluding hydrogens is 469 g/mol. The topological polar surface area (TPSA) is 71.0 Å². The van der Waals surface area contributed by atoms with Gasteiger partial charge in [0.15, 0.2) is 5.96 Å². The van der Waals surface area contributed by atoms with Gasteiger partial charge in [-0.1, -0.05) is 19.4 Å². The van der Waals surface area contributed by atoms with Crippen molar-refractivity contribution in [2.45, 2.75) is 39.7 Å². The van der Waals surface area contributed by atoms with Gasteiger partial charge < -0.3 is 25.0 Å². The largest absolute Gasteiger partial charge is 0.477 e. The van der Waals surface area contributed by atoms with Crippen molar-refractivity contribution in [1.82, 2.24) is 20.5 Å². The molecule has 0 aliphatic rings. The zero-order valence-corrected chi connectivity index (χ0v) is 20.2. The highest BCUT2D eigenvalue weighted by atomic mass is 127. The molecule has 0 aliphatic carbocycles. The fraction of sp³-hybridized carbons (Fsp3) is 0.700. The molecule has 0 radical (unpaired) electrons. The molecule has 162 valence electrons. The Morgan fingerprint density at radius 1 is 1.18 bits per heavy atom. The van der Waals surface area contributed by atoms with E-state index >= 15 is 0 Å². The van der Waals surface area contributed by atoms with Crippen LogP contribution in [0.5, 0.6) is 5.88 Å². The molecule has 0 unspecified atom stereocenters. The van der Waals surface area contributed by atoms with Gasteiger partial charge in [-0.05, 0) is 32.9 Å². The molecule has 1 aromatic heterocycles. The molecule has 7 nitrogen and oxygen atoms in total. The van der Waals surface area contributed by atoms with Crippen molar-refractivity contribution in [3.63, 3.8) is 0 Å². The van der Waals surface area contributed by atoms with Gasteiger partial charge in [-0.25, -0.2) is 9.98 Å². The van der Waals surface area contributed by atoms with Crippen molar-refractivity contribution in [2.24, 2.45) is 4.99 Å². The molecule has 0 fully saturated rings. The first-order valence-electron chi connectivity index (χ1n) is 9.97. The van der Waals surface area contributed by atoms with Gasteiger partial charge in [0.1, 0.15) is 0 Å². The lowest BCUT2D eigenvalue weighted by atomic mass is 10.2. The summed E-state index contributed by atoms with van der Waals surface area (Å²) >= 11 is 0. The van der Waals surface area contributed by atoms with E-state index in [0.717, 1.165) is 63.6 Å². The quantitative estimate of drug-likeness (QED) is 0.175. The van der Waals surface area contributed by atoms with E-state index in [1.54, 1.807) is 13.3 Å². The number of unbranched alkanes of at least 4 members (excludes halogenated alkanes) is 1. The van der Waals surface area contributed by atoms with E-state index in [4.69, 9.17) is 9.47 Å². The molecule has 0 amide bonds. The Labute approximate surface area is 187 Å². The fourth-order valence-corrected chi connectivity index (χ4v) is 2.45. The van der Waals surface area contributed by atoms with Crippen molar-refractivity contribution in [3.05, 3.63) is 23.9 Å². The number of methoxy groups -OCH3 is 1. The normalized spacial score (nSPS) is 11.2. The summed E-state index contributed by atoms with van der Waals surface area (Å²) in [6, 6.07) is 3.94. The van der Waals surface area contributed by atoms with E-state index in [9.17, 15) is 0 Å². The van der Waals surface area contributed by atoms with Gasteiger partial charge in [0.05, 0.1) is 13.2 Å². The number of aromatic nitrogens is 1. The summed E-state index contributed by atoms with van der Waals surface area (Å²) in [7, 11) is 3.86. The predicted octanol–water partition coefficient (Wildman–Crippen LogP) is 2.90. The van der Waals surface area contributed by atoms with Gasteiger partial charge in [0.2, 0.25) is 5.88 Å². The number of aliphatic imine (C=N–C) groups is 1. The van der Waals surface area contributed by atoms with Gasteiger partial charge in [0, 0.05) is 51.7 Å². The second-order valence-corrected chi connectivity index (χ2v) is 6.44. The Bertz CT molecular complexity index is 531. The number of likely N-dealkylation sites (N-methyl/N-ethyl adjacent to an activating group) is 1. The maximum atomic E-state index is 5.79. The highest BCUT2D eigenvalue weighted by Gasteiger charge is 2.05. The Hall–Kier alpha value is -1.13. The van der Waals surface area contributed by atoms with Crippen LogP contribution in [-0.4, -0.2) is 69.4 Å². The first-order valence-corrected chi connectivity index (χ1v) is 9.97. The van der Waals surface area contributed by atoms with Crippen molar-refractivity contribution in [2.75, 3.05) is 53.6 Å². The molecule has 28 heavy (non-hydrogen) atoms. The number of ether oxygens (including phenoxy) is 2. The van der Waals surface area contributed by atoms with Crippen LogP contribution in [0.2, 0.25) is 0 Å². The lowest BCUT2D eigenvalue weighted by Gasteiger charge is -2.18.